The van der Waals surface area contributed by atoms with E-state index in [4.69, 9.17) is 14.2 Å². The second-order valence-corrected chi connectivity index (χ2v) is 9.73. The summed E-state index contributed by atoms with van der Waals surface area (Å²) in [5.74, 6) is -2.83. The van der Waals surface area contributed by atoms with Gasteiger partial charge in [0, 0.05) is 24.7 Å². The Morgan fingerprint density at radius 1 is 1.15 bits per heavy atom. The second kappa shape index (κ2) is 10.7. The lowest BCUT2D eigenvalue weighted by molar-refractivity contribution is -0.0695. The molecular formula is C29H26F2N4O5. The SMILES string of the molecule is COc1c(C(=O)O)cnn1-c1cccc(-c2cc(F)cc(F)c2OCc2ccc3c(c2)CCN(C2COC2)C3)n1. The molecule has 2 aromatic heterocycles. The van der Waals surface area contributed by atoms with Gasteiger partial charge in [-0.25, -0.2) is 18.6 Å². The standard InChI is InChI=1S/C29H26F2N4O5/c1-38-28-23(29(36)37)12-32-35(28)26-4-2-3-25(33-26)22-10-20(30)11-24(31)27(22)40-14-17-5-6-19-13-34(21-15-39-16-21)8-7-18(19)9-17/h2-6,9-12,21H,7-8,13-16H2,1H3,(H,36,37). The summed E-state index contributed by atoms with van der Waals surface area (Å²) in [5.41, 5.74) is 3.55. The molecule has 40 heavy (non-hydrogen) atoms. The average molecular weight is 549 g/mol. The summed E-state index contributed by atoms with van der Waals surface area (Å²) in [4.78, 5) is 18.4. The molecule has 4 heterocycles. The highest BCUT2D eigenvalue weighted by molar-refractivity contribution is 5.90. The van der Waals surface area contributed by atoms with Gasteiger partial charge in [-0.3, -0.25) is 4.90 Å². The predicted molar refractivity (Wildman–Crippen MR) is 140 cm³/mol. The van der Waals surface area contributed by atoms with Gasteiger partial charge in [0.25, 0.3) is 0 Å². The van der Waals surface area contributed by atoms with Crippen LogP contribution in [0.25, 0.3) is 17.1 Å². The highest BCUT2D eigenvalue weighted by atomic mass is 19.1. The van der Waals surface area contributed by atoms with E-state index in [0.29, 0.717) is 6.04 Å². The third kappa shape index (κ3) is 4.89. The Morgan fingerprint density at radius 3 is 2.75 bits per heavy atom. The normalized spacial score (nSPS) is 15.4. The van der Waals surface area contributed by atoms with Gasteiger partial charge in [0.05, 0.1) is 38.3 Å². The van der Waals surface area contributed by atoms with Crippen LogP contribution in [-0.2, 0) is 24.3 Å². The number of hydrogen-bond acceptors (Lipinski definition) is 7. The van der Waals surface area contributed by atoms with Gasteiger partial charge in [-0.05, 0) is 41.3 Å². The molecule has 1 saturated heterocycles. The molecule has 0 radical (unpaired) electrons. The lowest BCUT2D eigenvalue weighted by Crippen LogP contribution is -2.50. The van der Waals surface area contributed by atoms with Gasteiger partial charge in [0.2, 0.25) is 5.88 Å². The van der Waals surface area contributed by atoms with Gasteiger partial charge in [-0.15, -0.1) is 0 Å². The molecule has 0 bridgehead atoms. The molecule has 1 N–H and O–H groups in total. The van der Waals surface area contributed by atoms with E-state index in [1.807, 2.05) is 6.07 Å². The summed E-state index contributed by atoms with van der Waals surface area (Å²) < 4.78 is 47.1. The van der Waals surface area contributed by atoms with Gasteiger partial charge in [-0.1, -0.05) is 24.3 Å². The summed E-state index contributed by atoms with van der Waals surface area (Å²) in [6, 6.07) is 13.3. The Balaban J connectivity index is 1.27. The van der Waals surface area contributed by atoms with Crippen LogP contribution in [0, 0.1) is 11.6 Å². The van der Waals surface area contributed by atoms with Crippen LogP contribution >= 0.6 is 0 Å². The van der Waals surface area contributed by atoms with Gasteiger partial charge in [-0.2, -0.15) is 9.78 Å². The Labute approximate surface area is 228 Å². The van der Waals surface area contributed by atoms with E-state index in [1.165, 1.54) is 22.9 Å². The number of fused-ring (bicyclic) bond motifs is 1. The number of benzene rings is 2. The van der Waals surface area contributed by atoms with Crippen LogP contribution in [0.1, 0.15) is 27.0 Å². The Morgan fingerprint density at radius 2 is 2.00 bits per heavy atom. The maximum atomic E-state index is 15.1. The highest BCUT2D eigenvalue weighted by Crippen LogP contribution is 2.34. The number of aromatic carboxylic acids is 1. The molecule has 9 nitrogen and oxygen atoms in total. The van der Waals surface area contributed by atoms with Crippen LogP contribution in [0.2, 0.25) is 0 Å². The molecule has 2 aliphatic rings. The third-order valence-corrected chi connectivity index (χ3v) is 7.22. The Hall–Kier alpha value is -4.35. The fraction of sp³-hybridized carbons (Fsp3) is 0.276. The smallest absolute Gasteiger partial charge is 0.342 e. The Bertz CT molecular complexity index is 1590. The minimum atomic E-state index is -1.21. The summed E-state index contributed by atoms with van der Waals surface area (Å²) in [5, 5.41) is 13.5. The molecule has 2 aliphatic heterocycles. The van der Waals surface area contributed by atoms with Crippen molar-refractivity contribution in [1.29, 1.82) is 0 Å². The number of methoxy groups -OCH3 is 1. The summed E-state index contributed by atoms with van der Waals surface area (Å²) in [6.07, 6.45) is 2.05. The lowest BCUT2D eigenvalue weighted by Gasteiger charge is -2.40. The van der Waals surface area contributed by atoms with Gasteiger partial charge in [0.15, 0.2) is 17.4 Å². The van der Waals surface area contributed by atoms with E-state index in [-0.39, 0.29) is 40.9 Å². The van der Waals surface area contributed by atoms with E-state index in [1.54, 1.807) is 18.2 Å². The molecule has 206 valence electrons. The number of ether oxygens (including phenoxy) is 3. The van der Waals surface area contributed by atoms with Crippen LogP contribution in [0.3, 0.4) is 0 Å². The van der Waals surface area contributed by atoms with Crippen molar-refractivity contribution >= 4 is 5.97 Å². The first-order chi connectivity index (χ1) is 19.4. The maximum Gasteiger partial charge on any atom is 0.342 e. The summed E-state index contributed by atoms with van der Waals surface area (Å²) in [7, 11) is 1.32. The largest absolute Gasteiger partial charge is 0.485 e. The van der Waals surface area contributed by atoms with E-state index in [0.717, 1.165) is 56.6 Å². The van der Waals surface area contributed by atoms with Gasteiger partial charge < -0.3 is 19.3 Å². The first kappa shape index (κ1) is 25.9. The van der Waals surface area contributed by atoms with Crippen molar-refractivity contribution in [3.63, 3.8) is 0 Å². The number of nitrogens with zero attached hydrogens (tertiary/aromatic N) is 4. The van der Waals surface area contributed by atoms with Crippen LogP contribution in [0.15, 0.2) is 54.7 Å². The van der Waals surface area contributed by atoms with Crippen molar-refractivity contribution < 1.29 is 32.9 Å². The van der Waals surface area contributed by atoms with Crippen molar-refractivity contribution in [2.75, 3.05) is 26.9 Å². The topological polar surface area (TPSA) is 98.9 Å². The van der Waals surface area contributed by atoms with E-state index in [9.17, 15) is 14.3 Å². The number of aromatic nitrogens is 3. The zero-order chi connectivity index (χ0) is 27.8. The van der Waals surface area contributed by atoms with Crippen LogP contribution in [0.4, 0.5) is 8.78 Å². The third-order valence-electron chi connectivity index (χ3n) is 7.22. The first-order valence-electron chi connectivity index (χ1n) is 12.8. The molecule has 11 heteroatoms. The molecule has 0 saturated carbocycles. The monoisotopic (exact) mass is 548 g/mol. The molecule has 1 fully saturated rings. The molecular weight excluding hydrogens is 522 g/mol. The molecule has 0 aliphatic carbocycles. The summed E-state index contributed by atoms with van der Waals surface area (Å²) >= 11 is 0. The summed E-state index contributed by atoms with van der Waals surface area (Å²) in [6.45, 7) is 3.47. The molecule has 2 aromatic carbocycles. The zero-order valence-electron chi connectivity index (χ0n) is 21.6. The fourth-order valence-corrected chi connectivity index (χ4v) is 5.05. The maximum absolute atomic E-state index is 15.1. The van der Waals surface area contributed by atoms with Crippen molar-refractivity contribution in [2.45, 2.75) is 25.6 Å². The Kier molecular flexibility index (Phi) is 6.91. The number of carboxylic acid groups (broad SMARTS) is 1. The number of halogens is 2. The minimum absolute atomic E-state index is 0.0319. The number of rotatable bonds is 8. The van der Waals surface area contributed by atoms with Crippen molar-refractivity contribution in [3.8, 4) is 28.7 Å². The predicted octanol–water partition coefficient (Wildman–Crippen LogP) is 4.26. The van der Waals surface area contributed by atoms with Crippen molar-refractivity contribution in [1.82, 2.24) is 19.7 Å². The molecule has 0 unspecified atom stereocenters. The average Bonchev–Trinajstić information content (AvgIpc) is 3.36. The fourth-order valence-electron chi connectivity index (χ4n) is 5.05. The molecule has 0 spiro atoms. The lowest BCUT2D eigenvalue weighted by atomic mass is 9.96. The highest BCUT2D eigenvalue weighted by Gasteiger charge is 2.29. The number of pyridine rings is 1. The van der Waals surface area contributed by atoms with Gasteiger partial charge >= 0.3 is 5.97 Å². The van der Waals surface area contributed by atoms with Crippen molar-refractivity contribution in [2.24, 2.45) is 0 Å². The van der Waals surface area contributed by atoms with Crippen LogP contribution in [-0.4, -0.2) is 63.7 Å². The zero-order valence-corrected chi connectivity index (χ0v) is 21.6. The number of carboxylic acids is 1. The van der Waals surface area contributed by atoms with Crippen molar-refractivity contribution in [3.05, 3.63) is 88.6 Å². The number of carbonyl (C=O) groups is 1. The molecule has 6 rings (SSSR count). The van der Waals surface area contributed by atoms with Crippen LogP contribution < -0.4 is 9.47 Å². The van der Waals surface area contributed by atoms with Gasteiger partial charge in [0.1, 0.15) is 18.0 Å². The van der Waals surface area contributed by atoms with Crippen LogP contribution in [0.5, 0.6) is 11.6 Å². The molecule has 0 amide bonds. The first-order valence-corrected chi connectivity index (χ1v) is 12.8. The number of hydrogen-bond donors (Lipinski definition) is 1. The van der Waals surface area contributed by atoms with E-state index >= 15 is 4.39 Å². The second-order valence-electron chi connectivity index (χ2n) is 9.73. The quantitative estimate of drug-likeness (QED) is 0.349. The minimum Gasteiger partial charge on any atom is -0.485 e. The molecule has 0 atom stereocenters. The van der Waals surface area contributed by atoms with E-state index in [2.05, 4.69) is 27.1 Å². The molecule has 4 aromatic rings. The van der Waals surface area contributed by atoms with E-state index < -0.39 is 17.6 Å².